The van der Waals surface area contributed by atoms with E-state index in [2.05, 4.69) is 4.74 Å². The number of anilines is 1. The Bertz CT molecular complexity index is 916. The Morgan fingerprint density at radius 2 is 1.57 bits per heavy atom. The molecular weight excluding hydrogens is 388 g/mol. The number of ether oxygens (including phenoxy) is 3. The van der Waals surface area contributed by atoms with Crippen molar-refractivity contribution in [3.8, 4) is 11.8 Å². The second-order valence-corrected chi connectivity index (χ2v) is 6.03. The van der Waals surface area contributed by atoms with Crippen LogP contribution in [0.1, 0.15) is 34.1 Å². The Hall–Kier alpha value is -3.86. The standard InChI is InChI=1S/C22H22N2O6/c1-3-29-19-11-9-18(10-12-19)24(14-4-13-23)20(25)15-30-22(27)17-7-5-16(6-8-17)21(26)28-2/h5-12H,3-4,14-15H2,1-2H3. The third-order valence-corrected chi connectivity index (χ3v) is 4.08. The molecule has 0 saturated heterocycles. The van der Waals surface area contributed by atoms with E-state index in [9.17, 15) is 14.4 Å². The summed E-state index contributed by atoms with van der Waals surface area (Å²) in [6.07, 6.45) is 0.127. The van der Waals surface area contributed by atoms with Crippen LogP contribution < -0.4 is 9.64 Å². The van der Waals surface area contributed by atoms with E-state index in [1.807, 2.05) is 13.0 Å². The minimum absolute atomic E-state index is 0.127. The van der Waals surface area contributed by atoms with Crippen LogP contribution in [0, 0.1) is 11.3 Å². The molecule has 0 aliphatic rings. The van der Waals surface area contributed by atoms with Gasteiger partial charge in [-0.15, -0.1) is 0 Å². The first-order valence-corrected chi connectivity index (χ1v) is 9.25. The van der Waals surface area contributed by atoms with Gasteiger partial charge >= 0.3 is 11.9 Å². The highest BCUT2D eigenvalue weighted by atomic mass is 16.5. The third kappa shape index (κ3) is 6.07. The molecule has 0 aromatic heterocycles. The zero-order valence-corrected chi connectivity index (χ0v) is 16.8. The van der Waals surface area contributed by atoms with E-state index in [-0.39, 0.29) is 18.5 Å². The highest BCUT2D eigenvalue weighted by Crippen LogP contribution is 2.20. The van der Waals surface area contributed by atoms with Gasteiger partial charge in [-0.25, -0.2) is 9.59 Å². The molecule has 0 unspecified atom stereocenters. The van der Waals surface area contributed by atoms with E-state index in [1.165, 1.54) is 36.3 Å². The Kier molecular flexibility index (Phi) is 8.39. The number of nitriles is 1. The molecule has 0 radical (unpaired) electrons. The molecule has 0 heterocycles. The van der Waals surface area contributed by atoms with Gasteiger partial charge in [0.05, 0.1) is 37.3 Å². The van der Waals surface area contributed by atoms with Crippen LogP contribution in [-0.2, 0) is 14.3 Å². The maximum atomic E-state index is 12.6. The molecular formula is C22H22N2O6. The van der Waals surface area contributed by atoms with Gasteiger partial charge < -0.3 is 19.1 Å². The maximum Gasteiger partial charge on any atom is 0.338 e. The molecule has 1 amide bonds. The number of carbonyl (C=O) groups excluding carboxylic acids is 3. The van der Waals surface area contributed by atoms with Crippen molar-refractivity contribution in [1.82, 2.24) is 0 Å². The second kappa shape index (κ2) is 11.2. The minimum Gasteiger partial charge on any atom is -0.494 e. The number of hydrogen-bond donors (Lipinski definition) is 0. The van der Waals surface area contributed by atoms with Crippen molar-refractivity contribution in [1.29, 1.82) is 5.26 Å². The molecule has 8 heteroatoms. The van der Waals surface area contributed by atoms with Gasteiger partial charge in [-0.05, 0) is 55.5 Å². The quantitative estimate of drug-likeness (QED) is 0.585. The zero-order valence-electron chi connectivity index (χ0n) is 16.8. The van der Waals surface area contributed by atoms with E-state index >= 15 is 0 Å². The normalized spacial score (nSPS) is 9.90. The molecule has 8 nitrogen and oxygen atoms in total. The van der Waals surface area contributed by atoms with Crippen molar-refractivity contribution in [2.24, 2.45) is 0 Å². The van der Waals surface area contributed by atoms with Crippen molar-refractivity contribution in [2.45, 2.75) is 13.3 Å². The molecule has 156 valence electrons. The lowest BCUT2D eigenvalue weighted by Gasteiger charge is -2.22. The van der Waals surface area contributed by atoms with Gasteiger partial charge in [-0.3, -0.25) is 4.79 Å². The lowest BCUT2D eigenvalue weighted by Crippen LogP contribution is -2.35. The first-order valence-electron chi connectivity index (χ1n) is 9.25. The van der Waals surface area contributed by atoms with Crippen molar-refractivity contribution in [3.05, 3.63) is 59.7 Å². The molecule has 0 aliphatic heterocycles. The molecule has 30 heavy (non-hydrogen) atoms. The van der Waals surface area contributed by atoms with E-state index < -0.39 is 24.5 Å². The van der Waals surface area contributed by atoms with Crippen LogP contribution in [0.5, 0.6) is 5.75 Å². The van der Waals surface area contributed by atoms with E-state index in [4.69, 9.17) is 14.7 Å². The Morgan fingerprint density at radius 3 is 2.10 bits per heavy atom. The summed E-state index contributed by atoms with van der Waals surface area (Å²) >= 11 is 0. The lowest BCUT2D eigenvalue weighted by molar-refractivity contribution is -0.121. The lowest BCUT2D eigenvalue weighted by atomic mass is 10.1. The molecule has 0 bridgehead atoms. The fourth-order valence-electron chi connectivity index (χ4n) is 2.60. The number of methoxy groups -OCH3 is 1. The topological polar surface area (TPSA) is 106 Å². The van der Waals surface area contributed by atoms with Crippen molar-refractivity contribution in [3.63, 3.8) is 0 Å². The third-order valence-electron chi connectivity index (χ3n) is 4.08. The summed E-state index contributed by atoms with van der Waals surface area (Å²) in [5, 5.41) is 8.88. The highest BCUT2D eigenvalue weighted by Gasteiger charge is 2.18. The predicted octanol–water partition coefficient (Wildman–Crippen LogP) is 2.98. The molecule has 0 atom stereocenters. The SMILES string of the molecule is CCOc1ccc(N(CCC#N)C(=O)COC(=O)c2ccc(C(=O)OC)cc2)cc1. The molecule has 0 saturated carbocycles. The van der Waals surface area contributed by atoms with Crippen LogP contribution in [0.3, 0.4) is 0 Å². The van der Waals surface area contributed by atoms with Gasteiger partial charge in [0.1, 0.15) is 5.75 Å². The largest absolute Gasteiger partial charge is 0.494 e. The second-order valence-electron chi connectivity index (χ2n) is 6.03. The summed E-state index contributed by atoms with van der Waals surface area (Å²) in [7, 11) is 1.26. The van der Waals surface area contributed by atoms with Crippen molar-refractivity contribution < 1.29 is 28.6 Å². The Labute approximate surface area is 174 Å². The molecule has 0 aliphatic carbocycles. The minimum atomic E-state index is -0.702. The number of amides is 1. The number of nitrogens with zero attached hydrogens (tertiary/aromatic N) is 2. The van der Waals surface area contributed by atoms with E-state index in [1.54, 1.807) is 24.3 Å². The number of benzene rings is 2. The monoisotopic (exact) mass is 410 g/mol. The van der Waals surface area contributed by atoms with Gasteiger partial charge in [0, 0.05) is 12.2 Å². The fraction of sp³-hybridized carbons (Fsp3) is 0.273. The number of rotatable bonds is 9. The van der Waals surface area contributed by atoms with E-state index in [0.717, 1.165) is 0 Å². The molecule has 2 aromatic carbocycles. The first kappa shape index (κ1) is 22.4. The first-order chi connectivity index (χ1) is 14.5. The van der Waals surface area contributed by atoms with Crippen molar-refractivity contribution in [2.75, 3.05) is 31.8 Å². The average molecular weight is 410 g/mol. The van der Waals surface area contributed by atoms with Gasteiger partial charge in [-0.1, -0.05) is 0 Å². The van der Waals surface area contributed by atoms with Crippen LogP contribution >= 0.6 is 0 Å². The summed E-state index contributed by atoms with van der Waals surface area (Å²) < 4.78 is 15.1. The smallest absolute Gasteiger partial charge is 0.338 e. The molecule has 0 fully saturated rings. The summed E-state index contributed by atoms with van der Waals surface area (Å²) in [5.41, 5.74) is 1.06. The van der Waals surface area contributed by atoms with E-state index in [0.29, 0.717) is 23.6 Å². The highest BCUT2D eigenvalue weighted by molar-refractivity contribution is 5.97. The van der Waals surface area contributed by atoms with Gasteiger partial charge in [-0.2, -0.15) is 5.26 Å². The zero-order chi connectivity index (χ0) is 21.9. The van der Waals surface area contributed by atoms with Gasteiger partial charge in [0.25, 0.3) is 5.91 Å². The van der Waals surface area contributed by atoms with Crippen LogP contribution in [0.2, 0.25) is 0 Å². The molecule has 2 rings (SSSR count). The average Bonchev–Trinajstić information content (AvgIpc) is 2.78. The number of carbonyl (C=O) groups is 3. The molecule has 2 aromatic rings. The van der Waals surface area contributed by atoms with Crippen LogP contribution in [-0.4, -0.2) is 44.7 Å². The molecule has 0 spiro atoms. The molecule has 0 N–H and O–H groups in total. The predicted molar refractivity (Wildman–Crippen MR) is 108 cm³/mol. The number of hydrogen-bond acceptors (Lipinski definition) is 7. The Morgan fingerprint density at radius 1 is 0.967 bits per heavy atom. The summed E-state index contributed by atoms with van der Waals surface area (Å²) in [6.45, 7) is 2.06. The van der Waals surface area contributed by atoms with Gasteiger partial charge in [0.15, 0.2) is 6.61 Å². The fourth-order valence-corrected chi connectivity index (χ4v) is 2.60. The summed E-state index contributed by atoms with van der Waals surface area (Å²) in [4.78, 5) is 37.7. The van der Waals surface area contributed by atoms with Crippen molar-refractivity contribution >= 4 is 23.5 Å². The maximum absolute atomic E-state index is 12.6. The number of esters is 2. The van der Waals surface area contributed by atoms with Crippen LogP contribution in [0.15, 0.2) is 48.5 Å². The Balaban J connectivity index is 2.03. The van der Waals surface area contributed by atoms with Crippen LogP contribution in [0.25, 0.3) is 0 Å². The summed E-state index contributed by atoms with van der Waals surface area (Å²) in [6, 6.07) is 14.5. The van der Waals surface area contributed by atoms with Crippen LogP contribution in [0.4, 0.5) is 5.69 Å². The van der Waals surface area contributed by atoms with Gasteiger partial charge in [0.2, 0.25) is 0 Å². The summed E-state index contributed by atoms with van der Waals surface area (Å²) in [5.74, 6) is -1.02.